The average Bonchev–Trinajstić information content (AvgIpc) is 2.78. The zero-order valence-corrected chi connectivity index (χ0v) is 10.3. The Bertz CT molecular complexity index is 553. The van der Waals surface area contributed by atoms with Crippen LogP contribution in [0.5, 0.6) is 0 Å². The number of rotatable bonds is 3. The lowest BCUT2D eigenvalue weighted by Crippen LogP contribution is -2.50. The van der Waals surface area contributed by atoms with E-state index in [2.05, 4.69) is 29.0 Å². The molecule has 2 heterocycles. The quantitative estimate of drug-likeness (QED) is 0.863. The van der Waals surface area contributed by atoms with Crippen molar-refractivity contribution in [3.05, 3.63) is 41.9 Å². The lowest BCUT2D eigenvalue weighted by molar-refractivity contribution is -0.0880. The minimum atomic E-state index is -0.331. The van der Waals surface area contributed by atoms with Crippen LogP contribution < -0.4 is 0 Å². The van der Waals surface area contributed by atoms with Crippen molar-refractivity contribution in [2.75, 3.05) is 19.8 Å². The molecule has 1 aromatic carbocycles. The molecule has 1 aliphatic rings. The van der Waals surface area contributed by atoms with Crippen LogP contribution in [0, 0.1) is 6.92 Å². The number of aryl methyl sites for hydroxylation is 1. The highest BCUT2D eigenvalue weighted by Crippen LogP contribution is 2.31. The Labute approximate surface area is 106 Å². The van der Waals surface area contributed by atoms with Crippen LogP contribution >= 0.6 is 0 Å². The molecule has 0 bridgehead atoms. The molecule has 3 rings (SSSR count). The summed E-state index contributed by atoms with van der Waals surface area (Å²) in [6.07, 6.45) is 1.82. The van der Waals surface area contributed by atoms with Gasteiger partial charge in [-0.05, 0) is 18.6 Å². The Kier molecular flexibility index (Phi) is 2.69. The molecule has 4 heteroatoms. The predicted octanol–water partition coefficient (Wildman–Crippen LogP) is 1.65. The molecule has 2 aromatic rings. The number of aromatic amines is 1. The Hall–Kier alpha value is -1.65. The lowest BCUT2D eigenvalue weighted by atomic mass is 9.86. The molecule has 0 radical (unpaired) electrons. The highest BCUT2D eigenvalue weighted by atomic mass is 16.5. The van der Waals surface area contributed by atoms with Gasteiger partial charge < -0.3 is 14.8 Å². The van der Waals surface area contributed by atoms with Crippen molar-refractivity contribution in [2.45, 2.75) is 12.3 Å². The molecule has 94 valence electrons. The maximum atomic E-state index is 9.47. The lowest BCUT2D eigenvalue weighted by Gasteiger charge is -2.37. The van der Waals surface area contributed by atoms with Gasteiger partial charge in [0.05, 0.1) is 37.1 Å². The van der Waals surface area contributed by atoms with Crippen molar-refractivity contribution in [1.82, 2.24) is 9.97 Å². The SMILES string of the molecule is Cc1cccc(-c2cnc(C3(CO)COC3)[nH]2)c1. The number of benzene rings is 1. The number of aliphatic hydroxyl groups excluding tert-OH is 1. The number of aromatic nitrogens is 2. The van der Waals surface area contributed by atoms with Crippen molar-refractivity contribution in [3.8, 4) is 11.3 Å². The first-order valence-electron chi connectivity index (χ1n) is 6.05. The molecule has 4 nitrogen and oxygen atoms in total. The van der Waals surface area contributed by atoms with Gasteiger partial charge in [0.1, 0.15) is 5.82 Å². The molecule has 18 heavy (non-hydrogen) atoms. The van der Waals surface area contributed by atoms with Gasteiger partial charge >= 0.3 is 0 Å². The third kappa shape index (κ3) is 1.74. The van der Waals surface area contributed by atoms with Crippen molar-refractivity contribution < 1.29 is 9.84 Å². The van der Waals surface area contributed by atoms with E-state index in [9.17, 15) is 5.11 Å². The second-order valence-corrected chi connectivity index (χ2v) is 4.95. The maximum absolute atomic E-state index is 9.47. The van der Waals surface area contributed by atoms with Crippen LogP contribution in [0.3, 0.4) is 0 Å². The summed E-state index contributed by atoms with van der Waals surface area (Å²) < 4.78 is 5.20. The van der Waals surface area contributed by atoms with Crippen LogP contribution in [0.25, 0.3) is 11.3 Å². The van der Waals surface area contributed by atoms with E-state index in [0.29, 0.717) is 13.2 Å². The minimum Gasteiger partial charge on any atom is -0.395 e. The maximum Gasteiger partial charge on any atom is 0.119 e. The number of nitrogens with zero attached hydrogens (tertiary/aromatic N) is 1. The van der Waals surface area contributed by atoms with E-state index in [0.717, 1.165) is 17.1 Å². The van der Waals surface area contributed by atoms with E-state index in [-0.39, 0.29) is 12.0 Å². The molecule has 1 fully saturated rings. The van der Waals surface area contributed by atoms with Crippen molar-refractivity contribution >= 4 is 0 Å². The standard InChI is InChI=1S/C14H16N2O2/c1-10-3-2-4-11(5-10)12-6-15-13(16-12)14(7-17)8-18-9-14/h2-6,17H,7-9H2,1H3,(H,15,16). The number of aliphatic hydroxyl groups is 1. The molecule has 0 unspecified atom stereocenters. The third-order valence-corrected chi connectivity index (χ3v) is 3.47. The first-order valence-corrected chi connectivity index (χ1v) is 6.05. The molecule has 0 atom stereocenters. The van der Waals surface area contributed by atoms with Gasteiger partial charge in [-0.15, -0.1) is 0 Å². The number of hydrogen-bond donors (Lipinski definition) is 2. The van der Waals surface area contributed by atoms with Gasteiger partial charge in [0.25, 0.3) is 0 Å². The van der Waals surface area contributed by atoms with Gasteiger partial charge in [0.15, 0.2) is 0 Å². The van der Waals surface area contributed by atoms with E-state index < -0.39 is 0 Å². The second-order valence-electron chi connectivity index (χ2n) is 4.95. The number of imidazole rings is 1. The van der Waals surface area contributed by atoms with E-state index in [1.807, 2.05) is 18.3 Å². The summed E-state index contributed by atoms with van der Waals surface area (Å²) in [5.74, 6) is 0.813. The molecule has 0 saturated carbocycles. The Balaban J connectivity index is 1.94. The monoisotopic (exact) mass is 244 g/mol. The number of nitrogens with one attached hydrogen (secondary N) is 1. The molecular formula is C14H16N2O2. The zero-order valence-electron chi connectivity index (χ0n) is 10.3. The van der Waals surface area contributed by atoms with E-state index in [1.165, 1.54) is 5.56 Å². The van der Waals surface area contributed by atoms with Gasteiger partial charge in [-0.25, -0.2) is 4.98 Å². The van der Waals surface area contributed by atoms with Crippen LogP contribution in [0.4, 0.5) is 0 Å². The number of hydrogen-bond acceptors (Lipinski definition) is 3. The Morgan fingerprint density at radius 2 is 2.28 bits per heavy atom. The zero-order chi connectivity index (χ0) is 12.6. The summed E-state index contributed by atoms with van der Waals surface area (Å²) >= 11 is 0. The Morgan fingerprint density at radius 1 is 1.44 bits per heavy atom. The predicted molar refractivity (Wildman–Crippen MR) is 68.3 cm³/mol. The van der Waals surface area contributed by atoms with E-state index in [4.69, 9.17) is 4.74 Å². The summed E-state index contributed by atoms with van der Waals surface area (Å²) in [5, 5.41) is 9.47. The van der Waals surface area contributed by atoms with Gasteiger partial charge in [-0.2, -0.15) is 0 Å². The summed E-state index contributed by atoms with van der Waals surface area (Å²) in [6.45, 7) is 3.19. The molecule has 1 aliphatic heterocycles. The van der Waals surface area contributed by atoms with Crippen LogP contribution in [-0.2, 0) is 10.2 Å². The molecule has 0 aliphatic carbocycles. The van der Waals surface area contributed by atoms with Crippen LogP contribution in [0.2, 0.25) is 0 Å². The largest absolute Gasteiger partial charge is 0.395 e. The molecule has 1 saturated heterocycles. The average molecular weight is 244 g/mol. The highest BCUT2D eigenvalue weighted by Gasteiger charge is 2.42. The summed E-state index contributed by atoms with van der Waals surface area (Å²) in [7, 11) is 0. The fourth-order valence-corrected chi connectivity index (χ4v) is 2.20. The van der Waals surface area contributed by atoms with Gasteiger partial charge in [0, 0.05) is 0 Å². The highest BCUT2D eigenvalue weighted by molar-refractivity contribution is 5.59. The Morgan fingerprint density at radius 3 is 2.89 bits per heavy atom. The molecule has 0 spiro atoms. The van der Waals surface area contributed by atoms with Crippen LogP contribution in [0.1, 0.15) is 11.4 Å². The molecule has 0 amide bonds. The van der Waals surface area contributed by atoms with E-state index in [1.54, 1.807) is 0 Å². The fraction of sp³-hybridized carbons (Fsp3) is 0.357. The first kappa shape index (κ1) is 11.4. The van der Waals surface area contributed by atoms with Crippen molar-refractivity contribution in [1.29, 1.82) is 0 Å². The number of ether oxygens (including phenoxy) is 1. The summed E-state index contributed by atoms with van der Waals surface area (Å²) in [4.78, 5) is 7.69. The van der Waals surface area contributed by atoms with Crippen molar-refractivity contribution in [2.24, 2.45) is 0 Å². The van der Waals surface area contributed by atoms with Crippen LogP contribution in [0.15, 0.2) is 30.5 Å². The molecular weight excluding hydrogens is 228 g/mol. The molecule has 1 aromatic heterocycles. The van der Waals surface area contributed by atoms with Gasteiger partial charge in [0.2, 0.25) is 0 Å². The molecule has 2 N–H and O–H groups in total. The second kappa shape index (κ2) is 4.23. The van der Waals surface area contributed by atoms with Gasteiger partial charge in [-0.3, -0.25) is 0 Å². The smallest absolute Gasteiger partial charge is 0.119 e. The van der Waals surface area contributed by atoms with Crippen molar-refractivity contribution in [3.63, 3.8) is 0 Å². The summed E-state index contributed by atoms with van der Waals surface area (Å²) in [5.41, 5.74) is 2.98. The topological polar surface area (TPSA) is 58.1 Å². The van der Waals surface area contributed by atoms with E-state index >= 15 is 0 Å². The fourth-order valence-electron chi connectivity index (χ4n) is 2.20. The van der Waals surface area contributed by atoms with Gasteiger partial charge in [-0.1, -0.05) is 23.8 Å². The minimum absolute atomic E-state index is 0.0633. The summed E-state index contributed by atoms with van der Waals surface area (Å²) in [6, 6.07) is 8.25. The van der Waals surface area contributed by atoms with Crippen LogP contribution in [-0.4, -0.2) is 34.9 Å². The normalized spacial score (nSPS) is 17.4. The number of H-pyrrole nitrogens is 1. The third-order valence-electron chi connectivity index (χ3n) is 3.47. The first-order chi connectivity index (χ1) is 8.73.